The molecule has 4 saturated heterocycles. The van der Waals surface area contributed by atoms with Crippen LogP contribution in [0.4, 0.5) is 4.79 Å². The standard InChI is InChI=1S/C9H12O5.C9H14O3.C9H14O.C8H12O3.C8H12O.C6H10O2/c1-3-4-12-7(10)9(2)5-13-8(11)14-6-9;1-2-3-4-9(10)11-6-5-8-7-12-8;1-2-5-8-6-3-4-7-9(8)10;1-2-3-4-8(9)11-6-7-5-10-7;1-2-7-5-3-4-6-8(7)9;1-2-3-7-4-6-5-8-6/h3H,1,4-6H2,2H3;2,8H,1,3-7H2;2,8H,1,3-7H2;2,7H,1,3-6H2;2,7H,1,3-6H2;2,6H,1,3-5H2. The number of carbonyl (C=O) groups excluding carboxylic acids is 6. The van der Waals surface area contributed by atoms with E-state index in [0.717, 1.165) is 77.8 Å². The molecule has 6 fully saturated rings. The van der Waals surface area contributed by atoms with Crippen molar-refractivity contribution in [2.45, 2.75) is 115 Å². The van der Waals surface area contributed by atoms with Gasteiger partial charge < -0.3 is 42.6 Å². The monoisotopic (exact) mass is 903 g/mol. The Morgan fingerprint density at radius 2 is 1.20 bits per heavy atom. The van der Waals surface area contributed by atoms with E-state index in [1.165, 1.54) is 18.9 Å². The lowest BCUT2D eigenvalue weighted by molar-refractivity contribution is -0.164. The lowest BCUT2D eigenvalue weighted by Crippen LogP contribution is -2.44. The lowest BCUT2D eigenvalue weighted by Gasteiger charge is -2.29. The third kappa shape index (κ3) is 30.4. The first kappa shape index (κ1) is 57.3. The molecule has 4 aliphatic heterocycles. The molecule has 0 aromatic carbocycles. The molecule has 5 unspecified atom stereocenters. The maximum atomic E-state index is 11.4. The van der Waals surface area contributed by atoms with Crippen LogP contribution in [0.5, 0.6) is 0 Å². The lowest BCUT2D eigenvalue weighted by atomic mass is 9.86. The molecule has 0 radical (unpaired) electrons. The van der Waals surface area contributed by atoms with Gasteiger partial charge in [-0.25, -0.2) is 4.79 Å². The first-order chi connectivity index (χ1) is 30.9. The van der Waals surface area contributed by atoms with Crippen LogP contribution in [-0.2, 0) is 66.6 Å². The van der Waals surface area contributed by atoms with E-state index in [1.54, 1.807) is 31.2 Å². The smallest absolute Gasteiger partial charge is 0.466 e. The fraction of sp³-hybridized carbons (Fsp3) is 0.633. The zero-order chi connectivity index (χ0) is 47.4. The quantitative estimate of drug-likeness (QED) is 0.0354. The zero-order valence-corrected chi connectivity index (χ0v) is 38.2. The van der Waals surface area contributed by atoms with Crippen LogP contribution >= 0.6 is 0 Å². The second-order valence-electron chi connectivity index (χ2n) is 15.8. The maximum Gasteiger partial charge on any atom is 0.508 e. The molecule has 0 spiro atoms. The second-order valence-corrected chi connectivity index (χ2v) is 15.8. The first-order valence-corrected chi connectivity index (χ1v) is 22.3. The summed E-state index contributed by atoms with van der Waals surface area (Å²) in [6.07, 6.45) is 22.7. The summed E-state index contributed by atoms with van der Waals surface area (Å²) in [6, 6.07) is 0. The van der Waals surface area contributed by atoms with E-state index in [9.17, 15) is 28.8 Å². The highest BCUT2D eigenvalue weighted by molar-refractivity contribution is 5.83. The van der Waals surface area contributed by atoms with Crippen LogP contribution < -0.4 is 0 Å². The Morgan fingerprint density at radius 3 is 1.69 bits per heavy atom. The highest BCUT2D eigenvalue weighted by Gasteiger charge is 2.41. The average Bonchev–Trinajstić information content (AvgIpc) is 4.14. The number of allylic oxidation sites excluding steroid dienone is 4. The van der Waals surface area contributed by atoms with Crippen LogP contribution in [0.25, 0.3) is 0 Å². The van der Waals surface area contributed by atoms with Crippen LogP contribution in [0.2, 0.25) is 0 Å². The molecule has 360 valence electrons. The Kier molecular flexibility index (Phi) is 31.9. The summed E-state index contributed by atoms with van der Waals surface area (Å²) in [5.41, 5.74) is -0.906. The Balaban J connectivity index is 0.000000387. The molecule has 0 N–H and O–H groups in total. The molecule has 6 aliphatic rings. The summed E-state index contributed by atoms with van der Waals surface area (Å²) in [7, 11) is 0. The van der Waals surface area contributed by atoms with Crippen LogP contribution in [0.15, 0.2) is 75.9 Å². The summed E-state index contributed by atoms with van der Waals surface area (Å²) >= 11 is 0. The van der Waals surface area contributed by atoms with Gasteiger partial charge in [-0.2, -0.15) is 0 Å². The number of Topliss-reactive ketones (excluding diaryl/α,β-unsaturated/α-hetero) is 2. The normalized spacial score (nSPS) is 22.8. The molecule has 0 aromatic rings. The van der Waals surface area contributed by atoms with E-state index >= 15 is 0 Å². The van der Waals surface area contributed by atoms with Gasteiger partial charge in [-0.3, -0.25) is 24.0 Å². The maximum absolute atomic E-state index is 11.4. The van der Waals surface area contributed by atoms with E-state index in [1.807, 2.05) is 6.08 Å². The van der Waals surface area contributed by atoms with E-state index in [0.29, 0.717) is 75.2 Å². The van der Waals surface area contributed by atoms with Crippen molar-refractivity contribution in [2.75, 3.05) is 66.1 Å². The zero-order valence-electron chi connectivity index (χ0n) is 38.2. The van der Waals surface area contributed by atoms with Gasteiger partial charge in [0.25, 0.3) is 0 Å². The third-order valence-electron chi connectivity index (χ3n) is 9.85. The predicted molar refractivity (Wildman–Crippen MR) is 241 cm³/mol. The Bertz CT molecular complexity index is 1450. The molecule has 2 aliphatic carbocycles. The summed E-state index contributed by atoms with van der Waals surface area (Å²) in [5, 5.41) is 0. The summed E-state index contributed by atoms with van der Waals surface area (Å²) in [6.45, 7) is 27.6. The minimum atomic E-state index is -0.906. The van der Waals surface area contributed by atoms with Gasteiger partial charge in [0.05, 0.1) is 45.7 Å². The van der Waals surface area contributed by atoms with Gasteiger partial charge in [-0.1, -0.05) is 55.9 Å². The molecule has 15 heteroatoms. The van der Waals surface area contributed by atoms with Crippen molar-refractivity contribution >= 4 is 35.6 Å². The molecule has 5 atom stereocenters. The van der Waals surface area contributed by atoms with E-state index in [-0.39, 0.29) is 43.8 Å². The number of hydrogen-bond acceptors (Lipinski definition) is 15. The first-order valence-electron chi connectivity index (χ1n) is 22.3. The van der Waals surface area contributed by atoms with Gasteiger partial charge in [0.15, 0.2) is 0 Å². The third-order valence-corrected chi connectivity index (χ3v) is 9.85. The number of ether oxygens (including phenoxy) is 9. The van der Waals surface area contributed by atoms with E-state index in [2.05, 4.69) is 48.9 Å². The fourth-order valence-electron chi connectivity index (χ4n) is 5.63. The number of esters is 3. The van der Waals surface area contributed by atoms with Crippen molar-refractivity contribution < 1.29 is 71.4 Å². The topological polar surface area (TPSA) is 195 Å². The van der Waals surface area contributed by atoms with Crippen LogP contribution in [0.1, 0.15) is 96.8 Å². The second kappa shape index (κ2) is 35.6. The van der Waals surface area contributed by atoms with Crippen molar-refractivity contribution in [1.29, 1.82) is 0 Å². The molecule has 2 saturated carbocycles. The Labute approximate surface area is 380 Å². The molecule has 15 nitrogen and oxygen atoms in total. The highest BCUT2D eigenvalue weighted by atomic mass is 16.7. The van der Waals surface area contributed by atoms with Crippen molar-refractivity contribution in [3.8, 4) is 0 Å². The molecule has 6 rings (SSSR count). The van der Waals surface area contributed by atoms with Crippen molar-refractivity contribution in [2.24, 2.45) is 17.3 Å². The minimum Gasteiger partial charge on any atom is -0.466 e. The minimum absolute atomic E-state index is 0.0121. The summed E-state index contributed by atoms with van der Waals surface area (Å²) < 4.78 is 43.6. The van der Waals surface area contributed by atoms with Crippen molar-refractivity contribution in [3.05, 3.63) is 75.9 Å². The molecule has 4 heterocycles. The SMILES string of the molecule is C=CC1CCCCC1=O.C=CCC1CCCCC1=O.C=CCCC(=O)OCC1CO1.C=CCCC(=O)OCCC1CO1.C=CCOC(=O)C1(C)COC(=O)OC1.C=CCOCC1CO1. The number of hydrogen-bond donors (Lipinski definition) is 0. The number of carbonyl (C=O) groups is 6. The number of ketones is 2. The van der Waals surface area contributed by atoms with Gasteiger partial charge in [-0.05, 0) is 51.9 Å². The van der Waals surface area contributed by atoms with Crippen molar-refractivity contribution in [1.82, 2.24) is 0 Å². The van der Waals surface area contributed by atoms with Crippen LogP contribution in [-0.4, -0.2) is 120 Å². The summed E-state index contributed by atoms with van der Waals surface area (Å²) in [4.78, 5) is 65.8. The summed E-state index contributed by atoms with van der Waals surface area (Å²) in [5.74, 6) is 0.563. The highest BCUT2D eigenvalue weighted by Crippen LogP contribution is 2.25. The van der Waals surface area contributed by atoms with Gasteiger partial charge in [-0.15, -0.1) is 32.9 Å². The molecule has 0 bridgehead atoms. The average molecular weight is 903 g/mol. The van der Waals surface area contributed by atoms with Crippen molar-refractivity contribution in [3.63, 3.8) is 0 Å². The van der Waals surface area contributed by atoms with Gasteiger partial charge >= 0.3 is 24.1 Å². The Hall–Kier alpha value is -4.70. The molecule has 0 aromatic heterocycles. The Morgan fingerprint density at radius 1 is 0.656 bits per heavy atom. The molecular weight excluding hydrogens is 829 g/mol. The molecule has 0 amide bonds. The van der Waals surface area contributed by atoms with E-state index < -0.39 is 17.5 Å². The number of rotatable bonds is 21. The van der Waals surface area contributed by atoms with Crippen LogP contribution in [0, 0.1) is 17.3 Å². The fourth-order valence-corrected chi connectivity index (χ4v) is 5.63. The van der Waals surface area contributed by atoms with Gasteiger partial charge in [0, 0.05) is 43.9 Å². The number of epoxide rings is 3. The number of cyclic esters (lactones) is 2. The largest absolute Gasteiger partial charge is 0.508 e. The molecule has 64 heavy (non-hydrogen) atoms. The predicted octanol–water partition coefficient (Wildman–Crippen LogP) is 7.91. The van der Waals surface area contributed by atoms with Crippen LogP contribution in [0.3, 0.4) is 0 Å². The molecular formula is C49H74O15. The van der Waals surface area contributed by atoms with Gasteiger partial charge in [0.1, 0.15) is 55.6 Å². The van der Waals surface area contributed by atoms with Gasteiger partial charge in [0.2, 0.25) is 0 Å². The van der Waals surface area contributed by atoms with E-state index in [4.69, 9.17) is 33.2 Å².